The van der Waals surface area contributed by atoms with E-state index in [9.17, 15) is 9.18 Å². The Bertz CT molecular complexity index is 461. The van der Waals surface area contributed by atoms with Gasteiger partial charge in [0.25, 0.3) is 0 Å². The van der Waals surface area contributed by atoms with Gasteiger partial charge in [-0.15, -0.1) is 0 Å². The van der Waals surface area contributed by atoms with Gasteiger partial charge in [0.15, 0.2) is 0 Å². The SMILES string of the molecule is CCC1CCCC(OC(=O)c2ccc(N)c(F)c2)C1. The zero-order chi connectivity index (χ0) is 13.8. The third-order valence-electron chi connectivity index (χ3n) is 3.82. The lowest BCUT2D eigenvalue weighted by Crippen LogP contribution is -2.25. The largest absolute Gasteiger partial charge is 0.459 e. The van der Waals surface area contributed by atoms with Crippen molar-refractivity contribution in [2.24, 2.45) is 5.92 Å². The zero-order valence-electron chi connectivity index (χ0n) is 11.2. The zero-order valence-corrected chi connectivity index (χ0v) is 11.2. The van der Waals surface area contributed by atoms with Crippen molar-refractivity contribution in [2.45, 2.75) is 45.1 Å². The van der Waals surface area contributed by atoms with Gasteiger partial charge in [0, 0.05) is 0 Å². The van der Waals surface area contributed by atoms with Gasteiger partial charge >= 0.3 is 5.97 Å². The standard InChI is InChI=1S/C15H20FNO2/c1-2-10-4-3-5-12(8-10)19-15(18)11-6-7-14(17)13(16)9-11/h6-7,9-10,12H,2-5,8,17H2,1H3. The molecule has 0 bridgehead atoms. The molecule has 1 saturated carbocycles. The molecule has 0 radical (unpaired) electrons. The highest BCUT2D eigenvalue weighted by molar-refractivity contribution is 5.89. The van der Waals surface area contributed by atoms with Crippen LogP contribution in [-0.2, 0) is 4.74 Å². The van der Waals surface area contributed by atoms with Gasteiger partial charge in [0.05, 0.1) is 11.3 Å². The van der Waals surface area contributed by atoms with Crippen molar-refractivity contribution in [3.63, 3.8) is 0 Å². The van der Waals surface area contributed by atoms with E-state index in [0.29, 0.717) is 5.92 Å². The van der Waals surface area contributed by atoms with Crippen molar-refractivity contribution in [3.05, 3.63) is 29.6 Å². The van der Waals surface area contributed by atoms with Crippen LogP contribution in [0.4, 0.5) is 10.1 Å². The second kappa shape index (κ2) is 6.04. The first-order valence-electron chi connectivity index (χ1n) is 6.86. The number of nitrogens with two attached hydrogens (primary N) is 1. The Morgan fingerprint density at radius 1 is 1.47 bits per heavy atom. The molecule has 0 saturated heterocycles. The Morgan fingerprint density at radius 3 is 2.95 bits per heavy atom. The number of rotatable bonds is 3. The van der Waals surface area contributed by atoms with Crippen molar-refractivity contribution >= 4 is 11.7 Å². The van der Waals surface area contributed by atoms with E-state index in [4.69, 9.17) is 10.5 Å². The highest BCUT2D eigenvalue weighted by atomic mass is 19.1. The number of anilines is 1. The average molecular weight is 265 g/mol. The lowest BCUT2D eigenvalue weighted by molar-refractivity contribution is 0.0139. The van der Waals surface area contributed by atoms with Crippen LogP contribution < -0.4 is 5.73 Å². The topological polar surface area (TPSA) is 52.3 Å². The van der Waals surface area contributed by atoms with Gasteiger partial charge in [-0.05, 0) is 43.4 Å². The summed E-state index contributed by atoms with van der Waals surface area (Å²) in [4.78, 5) is 11.9. The van der Waals surface area contributed by atoms with Gasteiger partial charge in [0.1, 0.15) is 11.9 Å². The van der Waals surface area contributed by atoms with Gasteiger partial charge < -0.3 is 10.5 Å². The van der Waals surface area contributed by atoms with Gasteiger partial charge in [-0.2, -0.15) is 0 Å². The summed E-state index contributed by atoms with van der Waals surface area (Å²) in [5.41, 5.74) is 5.65. The number of nitrogen functional groups attached to an aromatic ring is 1. The van der Waals surface area contributed by atoms with E-state index in [1.807, 2.05) is 0 Å². The van der Waals surface area contributed by atoms with Gasteiger partial charge in [-0.3, -0.25) is 0 Å². The van der Waals surface area contributed by atoms with Crippen LogP contribution in [0.3, 0.4) is 0 Å². The van der Waals surface area contributed by atoms with E-state index in [1.165, 1.54) is 18.6 Å². The Hall–Kier alpha value is -1.58. The van der Waals surface area contributed by atoms with Gasteiger partial charge in [-0.25, -0.2) is 9.18 Å². The molecule has 2 N–H and O–H groups in total. The summed E-state index contributed by atoms with van der Waals surface area (Å²) >= 11 is 0. The first kappa shape index (κ1) is 13.8. The molecule has 1 aromatic carbocycles. The Labute approximate surface area is 112 Å². The molecule has 1 aliphatic carbocycles. The van der Waals surface area contributed by atoms with Crippen LogP contribution in [0.5, 0.6) is 0 Å². The van der Waals surface area contributed by atoms with Crippen molar-refractivity contribution in [1.82, 2.24) is 0 Å². The lowest BCUT2D eigenvalue weighted by Gasteiger charge is -2.28. The third kappa shape index (κ3) is 3.46. The number of ether oxygens (including phenoxy) is 1. The molecule has 2 unspecified atom stereocenters. The predicted molar refractivity (Wildman–Crippen MR) is 72.3 cm³/mol. The minimum atomic E-state index is -0.579. The van der Waals surface area contributed by atoms with Crippen LogP contribution in [0.25, 0.3) is 0 Å². The molecule has 0 amide bonds. The Morgan fingerprint density at radius 2 is 2.26 bits per heavy atom. The number of carbonyl (C=O) groups is 1. The minimum absolute atomic E-state index is 0.0354. The van der Waals surface area contributed by atoms with Crippen LogP contribution in [0.15, 0.2) is 18.2 Å². The highest BCUT2D eigenvalue weighted by Gasteiger charge is 2.24. The number of hydrogen-bond donors (Lipinski definition) is 1. The molecular formula is C15H20FNO2. The number of hydrogen-bond acceptors (Lipinski definition) is 3. The first-order valence-corrected chi connectivity index (χ1v) is 6.86. The molecule has 104 valence electrons. The Kier molecular flexibility index (Phi) is 4.40. The fraction of sp³-hybridized carbons (Fsp3) is 0.533. The molecule has 1 fully saturated rings. The minimum Gasteiger partial charge on any atom is -0.459 e. The van der Waals surface area contributed by atoms with Crippen LogP contribution in [0.2, 0.25) is 0 Å². The van der Waals surface area contributed by atoms with E-state index in [0.717, 1.165) is 31.7 Å². The molecule has 3 nitrogen and oxygen atoms in total. The van der Waals surface area contributed by atoms with Crippen molar-refractivity contribution in [3.8, 4) is 0 Å². The average Bonchev–Trinajstić information content (AvgIpc) is 2.42. The van der Waals surface area contributed by atoms with Crippen LogP contribution >= 0.6 is 0 Å². The fourth-order valence-electron chi connectivity index (χ4n) is 2.59. The quantitative estimate of drug-likeness (QED) is 0.672. The molecule has 0 aliphatic heterocycles. The summed E-state index contributed by atoms with van der Waals surface area (Å²) in [7, 11) is 0. The van der Waals surface area contributed by atoms with Crippen molar-refractivity contribution in [2.75, 3.05) is 5.73 Å². The molecular weight excluding hydrogens is 245 g/mol. The Balaban J connectivity index is 1.98. The smallest absolute Gasteiger partial charge is 0.338 e. The molecule has 2 atom stereocenters. The maximum Gasteiger partial charge on any atom is 0.338 e. The van der Waals surface area contributed by atoms with E-state index >= 15 is 0 Å². The summed E-state index contributed by atoms with van der Waals surface area (Å²) in [6.45, 7) is 2.16. The van der Waals surface area contributed by atoms with E-state index < -0.39 is 11.8 Å². The van der Waals surface area contributed by atoms with Crippen LogP contribution in [0.1, 0.15) is 49.4 Å². The molecule has 0 aromatic heterocycles. The van der Waals surface area contributed by atoms with Crippen molar-refractivity contribution < 1.29 is 13.9 Å². The van der Waals surface area contributed by atoms with Gasteiger partial charge in [-0.1, -0.05) is 19.8 Å². The second-order valence-electron chi connectivity index (χ2n) is 5.20. The van der Waals surface area contributed by atoms with E-state index in [1.54, 1.807) is 0 Å². The molecule has 1 aliphatic rings. The maximum absolute atomic E-state index is 13.3. The summed E-state index contributed by atoms with van der Waals surface area (Å²) in [5, 5.41) is 0. The van der Waals surface area contributed by atoms with Gasteiger partial charge in [0.2, 0.25) is 0 Å². The molecule has 4 heteroatoms. The molecule has 0 spiro atoms. The summed E-state index contributed by atoms with van der Waals surface area (Å²) < 4.78 is 18.8. The van der Waals surface area contributed by atoms with Crippen LogP contribution in [0, 0.1) is 11.7 Å². The molecule has 2 rings (SSSR count). The maximum atomic E-state index is 13.3. The number of benzene rings is 1. The number of carbonyl (C=O) groups excluding carboxylic acids is 1. The van der Waals surface area contributed by atoms with Crippen LogP contribution in [-0.4, -0.2) is 12.1 Å². The lowest BCUT2D eigenvalue weighted by atomic mass is 9.85. The molecule has 0 heterocycles. The van der Waals surface area contributed by atoms with E-state index in [2.05, 4.69) is 6.92 Å². The normalized spacial score (nSPS) is 23.1. The third-order valence-corrected chi connectivity index (χ3v) is 3.82. The second-order valence-corrected chi connectivity index (χ2v) is 5.20. The fourth-order valence-corrected chi connectivity index (χ4v) is 2.59. The summed E-state index contributed by atoms with van der Waals surface area (Å²) in [5.74, 6) is -0.403. The summed E-state index contributed by atoms with van der Waals surface area (Å²) in [6.07, 6.45) is 5.20. The van der Waals surface area contributed by atoms with E-state index in [-0.39, 0.29) is 17.4 Å². The monoisotopic (exact) mass is 265 g/mol. The summed E-state index contributed by atoms with van der Waals surface area (Å²) in [6, 6.07) is 4.03. The molecule has 19 heavy (non-hydrogen) atoms. The van der Waals surface area contributed by atoms with Crippen molar-refractivity contribution in [1.29, 1.82) is 0 Å². The number of esters is 1. The predicted octanol–water partition coefficient (Wildman–Crippen LogP) is 3.53. The number of halogens is 1. The highest BCUT2D eigenvalue weighted by Crippen LogP contribution is 2.29. The first-order chi connectivity index (χ1) is 9.10. The molecule has 1 aromatic rings.